The molecule has 1 heterocycles. The lowest BCUT2D eigenvalue weighted by atomic mass is 9.97. The number of aryl methyl sites for hydroxylation is 1. The van der Waals surface area contributed by atoms with Gasteiger partial charge in [-0.15, -0.1) is 0 Å². The van der Waals surface area contributed by atoms with E-state index < -0.39 is 0 Å². The molecule has 0 bridgehead atoms. The van der Waals surface area contributed by atoms with Crippen LogP contribution in [-0.2, 0) is 0 Å². The van der Waals surface area contributed by atoms with Gasteiger partial charge in [-0.25, -0.2) is 0 Å². The molecule has 0 radical (unpaired) electrons. The van der Waals surface area contributed by atoms with Gasteiger partial charge in [0, 0.05) is 25.2 Å². The molecule has 1 saturated heterocycles. The van der Waals surface area contributed by atoms with Crippen molar-refractivity contribution in [3.63, 3.8) is 0 Å². The second-order valence-corrected chi connectivity index (χ2v) is 6.67. The molecule has 27 heavy (non-hydrogen) atoms. The van der Waals surface area contributed by atoms with Crippen molar-refractivity contribution >= 4 is 5.91 Å². The maximum absolute atomic E-state index is 12.9. The molecule has 4 heteroatoms. The predicted octanol–water partition coefficient (Wildman–Crippen LogP) is 4.34. The van der Waals surface area contributed by atoms with Crippen LogP contribution >= 0.6 is 0 Å². The number of benzene rings is 2. The smallest absolute Gasteiger partial charge is 0.253 e. The summed E-state index contributed by atoms with van der Waals surface area (Å²) in [5.41, 5.74) is 4.57. The van der Waals surface area contributed by atoms with Crippen LogP contribution in [0.1, 0.15) is 41.8 Å². The zero-order valence-electron chi connectivity index (χ0n) is 16.8. The van der Waals surface area contributed by atoms with E-state index in [0.717, 1.165) is 54.9 Å². The summed E-state index contributed by atoms with van der Waals surface area (Å²) in [6.45, 7) is 9.58. The first-order valence-electron chi connectivity index (χ1n) is 9.67. The molecule has 1 amide bonds. The summed E-state index contributed by atoms with van der Waals surface area (Å²) in [6.07, 6.45) is 1.01. The molecule has 1 fully saturated rings. The summed E-state index contributed by atoms with van der Waals surface area (Å²) in [5.74, 6) is 0.102. The molecule has 4 nitrogen and oxygen atoms in total. The van der Waals surface area contributed by atoms with Gasteiger partial charge in [0.2, 0.25) is 0 Å². The molecule has 0 saturated carbocycles. The minimum Gasteiger partial charge on any atom is -0.337 e. The van der Waals surface area contributed by atoms with Crippen molar-refractivity contribution in [2.75, 3.05) is 33.2 Å². The van der Waals surface area contributed by atoms with Crippen molar-refractivity contribution in [3.8, 4) is 17.2 Å². The second kappa shape index (κ2) is 9.89. The monoisotopic (exact) mass is 363 g/mol. The summed E-state index contributed by atoms with van der Waals surface area (Å²) in [6, 6.07) is 15.5. The second-order valence-electron chi connectivity index (χ2n) is 6.67. The van der Waals surface area contributed by atoms with Gasteiger partial charge in [0.05, 0.1) is 11.6 Å². The Kier molecular flexibility index (Phi) is 7.57. The fourth-order valence-electron chi connectivity index (χ4n) is 3.22. The normalized spacial score (nSPS) is 14.6. The molecule has 0 N–H and O–H groups in total. The van der Waals surface area contributed by atoms with Crippen molar-refractivity contribution < 1.29 is 4.79 Å². The molecule has 1 aliphatic rings. The first-order valence-corrected chi connectivity index (χ1v) is 9.67. The lowest BCUT2D eigenvalue weighted by Gasteiger charge is -2.21. The zero-order chi connectivity index (χ0) is 19.8. The van der Waals surface area contributed by atoms with Crippen LogP contribution in [0, 0.1) is 18.3 Å². The molecule has 3 rings (SSSR count). The van der Waals surface area contributed by atoms with Gasteiger partial charge in [-0.2, -0.15) is 5.26 Å². The Bertz CT molecular complexity index is 805. The maximum Gasteiger partial charge on any atom is 0.253 e. The summed E-state index contributed by atoms with van der Waals surface area (Å²) < 4.78 is 0. The number of carbonyl (C=O) groups is 1. The molecule has 0 aliphatic carbocycles. The van der Waals surface area contributed by atoms with E-state index in [9.17, 15) is 4.79 Å². The zero-order valence-corrected chi connectivity index (χ0v) is 16.8. The third kappa shape index (κ3) is 5.18. The highest BCUT2D eigenvalue weighted by atomic mass is 16.2. The van der Waals surface area contributed by atoms with E-state index in [4.69, 9.17) is 5.26 Å². The Labute approximate surface area is 163 Å². The number of likely N-dealkylation sites (N-methyl/N-ethyl adjacent to an activating group) is 1. The molecule has 0 atom stereocenters. The molecule has 142 valence electrons. The minimum absolute atomic E-state index is 0.102. The average molecular weight is 364 g/mol. The fraction of sp³-hybridized carbons (Fsp3) is 0.391. The van der Waals surface area contributed by atoms with Crippen LogP contribution in [0.2, 0.25) is 0 Å². The molecule has 0 aromatic heterocycles. The van der Waals surface area contributed by atoms with Crippen molar-refractivity contribution in [1.29, 1.82) is 5.26 Å². The third-order valence-corrected chi connectivity index (χ3v) is 4.82. The average Bonchev–Trinajstić information content (AvgIpc) is 2.94. The maximum atomic E-state index is 12.9. The quantitative estimate of drug-likeness (QED) is 0.797. The Morgan fingerprint density at radius 1 is 1.00 bits per heavy atom. The Morgan fingerprint density at radius 3 is 2.37 bits per heavy atom. The van der Waals surface area contributed by atoms with Crippen LogP contribution in [0.15, 0.2) is 42.5 Å². The van der Waals surface area contributed by atoms with Gasteiger partial charge in [-0.3, -0.25) is 4.79 Å². The summed E-state index contributed by atoms with van der Waals surface area (Å²) >= 11 is 0. The number of amides is 1. The number of hydrogen-bond donors (Lipinski definition) is 0. The van der Waals surface area contributed by atoms with Gasteiger partial charge in [-0.05, 0) is 67.9 Å². The first kappa shape index (κ1) is 20.7. The number of hydrogen-bond acceptors (Lipinski definition) is 3. The minimum atomic E-state index is 0.102. The summed E-state index contributed by atoms with van der Waals surface area (Å²) in [5, 5.41) is 8.95. The Hall–Kier alpha value is -2.64. The Morgan fingerprint density at radius 2 is 1.70 bits per heavy atom. The molecule has 2 aromatic rings. The van der Waals surface area contributed by atoms with Crippen LogP contribution in [0.3, 0.4) is 0 Å². The van der Waals surface area contributed by atoms with Gasteiger partial charge in [-0.1, -0.05) is 32.0 Å². The van der Waals surface area contributed by atoms with E-state index in [0.29, 0.717) is 5.56 Å². The van der Waals surface area contributed by atoms with E-state index in [1.807, 2.05) is 68.1 Å². The van der Waals surface area contributed by atoms with Crippen LogP contribution in [0.25, 0.3) is 11.1 Å². The SMILES string of the molecule is CC.Cc1ccc(C(=O)N2CCCN(C)CC2)cc1-c1ccc(C#N)cc1. The molecule has 1 aliphatic heterocycles. The first-order chi connectivity index (χ1) is 13.1. The molecule has 0 unspecified atom stereocenters. The van der Waals surface area contributed by atoms with Crippen molar-refractivity contribution in [2.45, 2.75) is 27.2 Å². The van der Waals surface area contributed by atoms with Crippen molar-refractivity contribution in [2.24, 2.45) is 0 Å². The highest BCUT2D eigenvalue weighted by Gasteiger charge is 2.19. The van der Waals surface area contributed by atoms with E-state index in [1.54, 1.807) is 0 Å². The number of carbonyl (C=O) groups excluding carboxylic acids is 1. The van der Waals surface area contributed by atoms with Gasteiger partial charge in [0.25, 0.3) is 5.91 Å². The number of rotatable bonds is 2. The number of nitrogens with zero attached hydrogens (tertiary/aromatic N) is 3. The van der Waals surface area contributed by atoms with Crippen LogP contribution < -0.4 is 0 Å². The van der Waals surface area contributed by atoms with Gasteiger partial charge >= 0.3 is 0 Å². The topological polar surface area (TPSA) is 47.3 Å². The molecular weight excluding hydrogens is 334 g/mol. The lowest BCUT2D eigenvalue weighted by molar-refractivity contribution is 0.0763. The van der Waals surface area contributed by atoms with Gasteiger partial charge < -0.3 is 9.80 Å². The highest BCUT2D eigenvalue weighted by molar-refractivity contribution is 5.95. The predicted molar refractivity (Wildman–Crippen MR) is 111 cm³/mol. The molecule has 0 spiro atoms. The molecule has 2 aromatic carbocycles. The highest BCUT2D eigenvalue weighted by Crippen LogP contribution is 2.25. The van der Waals surface area contributed by atoms with Crippen LogP contribution in [0.5, 0.6) is 0 Å². The largest absolute Gasteiger partial charge is 0.337 e. The molecular formula is C23H29N3O. The van der Waals surface area contributed by atoms with Crippen LogP contribution in [0.4, 0.5) is 0 Å². The summed E-state index contributed by atoms with van der Waals surface area (Å²) in [4.78, 5) is 17.1. The van der Waals surface area contributed by atoms with E-state index in [-0.39, 0.29) is 5.91 Å². The summed E-state index contributed by atoms with van der Waals surface area (Å²) in [7, 11) is 2.10. The number of nitriles is 1. The fourth-order valence-corrected chi connectivity index (χ4v) is 3.22. The van der Waals surface area contributed by atoms with Gasteiger partial charge in [0.15, 0.2) is 0 Å². The Balaban J connectivity index is 0.00000126. The van der Waals surface area contributed by atoms with Crippen molar-refractivity contribution in [1.82, 2.24) is 9.80 Å². The van der Waals surface area contributed by atoms with Crippen molar-refractivity contribution in [3.05, 3.63) is 59.2 Å². The standard InChI is InChI=1S/C21H23N3O.C2H6/c1-16-4-7-19(21(25)24-11-3-10-23(2)12-13-24)14-20(16)18-8-5-17(15-22)6-9-18;1-2/h4-9,14H,3,10-13H2,1-2H3;1-2H3. The van der Waals surface area contributed by atoms with E-state index >= 15 is 0 Å². The lowest BCUT2D eigenvalue weighted by Crippen LogP contribution is -2.34. The van der Waals surface area contributed by atoms with Crippen LogP contribution in [-0.4, -0.2) is 48.9 Å². The van der Waals surface area contributed by atoms with E-state index in [2.05, 4.69) is 18.0 Å². The van der Waals surface area contributed by atoms with E-state index in [1.165, 1.54) is 0 Å². The van der Waals surface area contributed by atoms with Gasteiger partial charge in [0.1, 0.15) is 0 Å². The third-order valence-electron chi connectivity index (χ3n) is 4.82.